The van der Waals surface area contributed by atoms with Crippen LogP contribution in [0, 0.1) is 0 Å². The van der Waals surface area contributed by atoms with Gasteiger partial charge in [-0.15, -0.1) is 0 Å². The number of benzene rings is 1. The van der Waals surface area contributed by atoms with E-state index in [0.29, 0.717) is 0 Å². The monoisotopic (exact) mass is 255 g/mol. The summed E-state index contributed by atoms with van der Waals surface area (Å²) in [5, 5.41) is 4.74. The maximum Gasteiger partial charge on any atom is 0.0702 e. The van der Waals surface area contributed by atoms with E-state index in [-0.39, 0.29) is 0 Å². The largest absolute Gasteiger partial charge is 0.311 e. The van der Waals surface area contributed by atoms with Gasteiger partial charge in [0, 0.05) is 37.3 Å². The number of fused-ring (bicyclic) bond motifs is 1. The highest BCUT2D eigenvalue weighted by molar-refractivity contribution is 5.78. The predicted molar refractivity (Wildman–Crippen MR) is 79.1 cm³/mol. The summed E-state index contributed by atoms with van der Waals surface area (Å²) in [4.78, 5) is 6.80. The highest BCUT2D eigenvalue weighted by Crippen LogP contribution is 2.24. The number of hydrogen-bond donors (Lipinski definition) is 1. The minimum absolute atomic E-state index is 0.855. The van der Waals surface area contributed by atoms with Crippen LogP contribution < -0.4 is 5.32 Å². The molecule has 1 aromatic heterocycles. The van der Waals surface area contributed by atoms with Gasteiger partial charge in [0.2, 0.25) is 0 Å². The second kappa shape index (κ2) is 5.68. The number of nitrogens with zero attached hydrogens (tertiary/aromatic N) is 2. The molecule has 19 heavy (non-hydrogen) atoms. The van der Waals surface area contributed by atoms with Crippen molar-refractivity contribution in [3.63, 3.8) is 0 Å². The molecule has 0 bridgehead atoms. The molecule has 2 aromatic rings. The topological polar surface area (TPSA) is 28.2 Å². The molecule has 0 radical (unpaired) electrons. The molecule has 0 spiro atoms. The maximum atomic E-state index is 4.34. The molecular formula is C16H21N3. The van der Waals surface area contributed by atoms with Crippen molar-refractivity contribution in [3.05, 3.63) is 42.1 Å². The second-order valence-corrected chi connectivity index (χ2v) is 5.42. The van der Waals surface area contributed by atoms with E-state index in [9.17, 15) is 0 Å². The van der Waals surface area contributed by atoms with Gasteiger partial charge in [-0.3, -0.25) is 4.98 Å². The van der Waals surface area contributed by atoms with Crippen molar-refractivity contribution < 1.29 is 0 Å². The van der Waals surface area contributed by atoms with Crippen LogP contribution in [0.25, 0.3) is 10.9 Å². The molecule has 0 amide bonds. The first-order valence-corrected chi connectivity index (χ1v) is 7.07. The van der Waals surface area contributed by atoms with Gasteiger partial charge in [-0.2, -0.15) is 0 Å². The van der Waals surface area contributed by atoms with Crippen molar-refractivity contribution in [3.8, 4) is 0 Å². The van der Waals surface area contributed by atoms with Gasteiger partial charge in [0.15, 0.2) is 0 Å². The molecule has 1 aliphatic carbocycles. The van der Waals surface area contributed by atoms with Gasteiger partial charge in [-0.1, -0.05) is 12.1 Å². The normalized spacial score (nSPS) is 15.3. The molecule has 0 saturated heterocycles. The molecule has 100 valence electrons. The van der Waals surface area contributed by atoms with Crippen molar-refractivity contribution in [1.29, 1.82) is 0 Å². The summed E-state index contributed by atoms with van der Waals surface area (Å²) in [5.41, 5.74) is 2.40. The molecule has 0 unspecified atom stereocenters. The van der Waals surface area contributed by atoms with Crippen LogP contribution in [0.15, 0.2) is 36.5 Å². The van der Waals surface area contributed by atoms with E-state index in [2.05, 4.69) is 46.5 Å². The Morgan fingerprint density at radius 2 is 2.21 bits per heavy atom. The number of aromatic nitrogens is 1. The van der Waals surface area contributed by atoms with E-state index in [1.807, 2.05) is 12.3 Å². The van der Waals surface area contributed by atoms with Crippen LogP contribution in [0.3, 0.4) is 0 Å². The van der Waals surface area contributed by atoms with Crippen LogP contribution in [0.4, 0.5) is 0 Å². The van der Waals surface area contributed by atoms with Crippen LogP contribution in [-0.4, -0.2) is 36.1 Å². The van der Waals surface area contributed by atoms with E-state index >= 15 is 0 Å². The van der Waals surface area contributed by atoms with Gasteiger partial charge in [-0.05, 0) is 43.7 Å². The van der Waals surface area contributed by atoms with Crippen LogP contribution >= 0.6 is 0 Å². The van der Waals surface area contributed by atoms with E-state index in [1.54, 1.807) is 0 Å². The van der Waals surface area contributed by atoms with Gasteiger partial charge in [0.05, 0.1) is 5.52 Å². The van der Waals surface area contributed by atoms with E-state index in [4.69, 9.17) is 0 Å². The molecule has 1 aromatic carbocycles. The lowest BCUT2D eigenvalue weighted by atomic mass is 10.1. The van der Waals surface area contributed by atoms with Crippen molar-refractivity contribution in [2.45, 2.75) is 25.4 Å². The van der Waals surface area contributed by atoms with Gasteiger partial charge in [-0.25, -0.2) is 0 Å². The zero-order valence-corrected chi connectivity index (χ0v) is 11.5. The molecule has 1 aliphatic rings. The molecule has 3 nitrogen and oxygen atoms in total. The lowest BCUT2D eigenvalue weighted by molar-refractivity contribution is 0.321. The Balaban J connectivity index is 1.50. The SMILES string of the molecule is CN(CCNCc1ccc2ncccc2c1)C1CC1. The minimum atomic E-state index is 0.855. The molecule has 1 N–H and O–H groups in total. The number of likely N-dealkylation sites (N-methyl/N-ethyl adjacent to an activating group) is 1. The summed E-state index contributed by atoms with van der Waals surface area (Å²) in [6, 6.07) is 11.4. The third kappa shape index (κ3) is 3.31. The molecule has 3 rings (SSSR count). The molecule has 3 heteroatoms. The highest BCUT2D eigenvalue weighted by atomic mass is 15.2. The number of hydrogen-bond acceptors (Lipinski definition) is 3. The van der Waals surface area contributed by atoms with Crippen LogP contribution in [0.1, 0.15) is 18.4 Å². The van der Waals surface area contributed by atoms with Gasteiger partial charge < -0.3 is 10.2 Å². The van der Waals surface area contributed by atoms with E-state index < -0.39 is 0 Å². The Morgan fingerprint density at radius 1 is 1.32 bits per heavy atom. The van der Waals surface area contributed by atoms with Gasteiger partial charge >= 0.3 is 0 Å². The fourth-order valence-corrected chi connectivity index (χ4v) is 2.42. The second-order valence-electron chi connectivity index (χ2n) is 5.42. The Hall–Kier alpha value is -1.45. The first kappa shape index (κ1) is 12.6. The zero-order valence-electron chi connectivity index (χ0n) is 11.5. The Bertz CT molecular complexity index is 548. The summed E-state index contributed by atoms with van der Waals surface area (Å²) >= 11 is 0. The van der Waals surface area contributed by atoms with Crippen LogP contribution in [0.2, 0.25) is 0 Å². The summed E-state index contributed by atoms with van der Waals surface area (Å²) in [5.74, 6) is 0. The minimum Gasteiger partial charge on any atom is -0.311 e. The molecular weight excluding hydrogens is 234 g/mol. The lowest BCUT2D eigenvalue weighted by Crippen LogP contribution is -2.30. The first-order chi connectivity index (χ1) is 9.33. The summed E-state index contributed by atoms with van der Waals surface area (Å²) in [6.07, 6.45) is 4.61. The third-order valence-electron chi connectivity index (χ3n) is 3.81. The molecule has 1 heterocycles. The van der Waals surface area contributed by atoms with Gasteiger partial charge in [0.1, 0.15) is 0 Å². The number of rotatable bonds is 6. The Morgan fingerprint density at radius 3 is 3.05 bits per heavy atom. The average Bonchev–Trinajstić information content (AvgIpc) is 3.28. The lowest BCUT2D eigenvalue weighted by Gasteiger charge is -2.15. The fraction of sp³-hybridized carbons (Fsp3) is 0.438. The quantitative estimate of drug-likeness (QED) is 0.804. The van der Waals surface area contributed by atoms with Crippen molar-refractivity contribution >= 4 is 10.9 Å². The van der Waals surface area contributed by atoms with Crippen LogP contribution in [0.5, 0.6) is 0 Å². The summed E-state index contributed by atoms with van der Waals surface area (Å²) < 4.78 is 0. The van der Waals surface area contributed by atoms with Crippen molar-refractivity contribution in [2.75, 3.05) is 20.1 Å². The number of nitrogens with one attached hydrogen (secondary N) is 1. The van der Waals surface area contributed by atoms with Crippen molar-refractivity contribution in [2.24, 2.45) is 0 Å². The number of pyridine rings is 1. The predicted octanol–water partition coefficient (Wildman–Crippen LogP) is 2.42. The standard InChI is InChI=1S/C16H21N3/c1-19(15-5-6-15)10-9-17-12-13-4-7-16-14(11-13)3-2-8-18-16/h2-4,7-8,11,15,17H,5-6,9-10,12H2,1H3. The first-order valence-electron chi connectivity index (χ1n) is 7.07. The Labute approximate surface area is 114 Å². The van der Waals surface area contributed by atoms with E-state index in [1.165, 1.54) is 23.8 Å². The maximum absolute atomic E-state index is 4.34. The van der Waals surface area contributed by atoms with Crippen LogP contribution in [-0.2, 0) is 6.54 Å². The summed E-state index contributed by atoms with van der Waals surface area (Å²) in [6.45, 7) is 3.13. The molecule has 1 saturated carbocycles. The Kier molecular flexibility index (Phi) is 3.76. The molecule has 1 fully saturated rings. The third-order valence-corrected chi connectivity index (χ3v) is 3.81. The van der Waals surface area contributed by atoms with Gasteiger partial charge in [0.25, 0.3) is 0 Å². The fourth-order valence-electron chi connectivity index (χ4n) is 2.42. The summed E-state index contributed by atoms with van der Waals surface area (Å²) in [7, 11) is 2.22. The molecule has 0 atom stereocenters. The molecule has 0 aliphatic heterocycles. The zero-order chi connectivity index (χ0) is 13.1. The smallest absolute Gasteiger partial charge is 0.0702 e. The highest BCUT2D eigenvalue weighted by Gasteiger charge is 2.25. The van der Waals surface area contributed by atoms with Crippen molar-refractivity contribution in [1.82, 2.24) is 15.2 Å². The average molecular weight is 255 g/mol. The van der Waals surface area contributed by atoms with E-state index in [0.717, 1.165) is 31.2 Å².